The van der Waals surface area contributed by atoms with Gasteiger partial charge in [-0.15, -0.1) is 0 Å². The van der Waals surface area contributed by atoms with Crippen LogP contribution in [0.4, 0.5) is 0 Å². The monoisotopic (exact) mass is 245 g/mol. The van der Waals surface area contributed by atoms with Crippen LogP contribution in [0.2, 0.25) is 0 Å². The quantitative estimate of drug-likeness (QED) is 0.883. The molecule has 0 saturated heterocycles. The van der Waals surface area contributed by atoms with E-state index in [9.17, 15) is 0 Å². The van der Waals surface area contributed by atoms with Crippen LogP contribution in [0.1, 0.15) is 55.7 Å². The molecule has 0 amide bonds. The fraction of sp³-hybridized carbons (Fsp3) is 0.625. The van der Waals surface area contributed by atoms with Crippen molar-refractivity contribution in [3.05, 3.63) is 29.3 Å². The summed E-state index contributed by atoms with van der Waals surface area (Å²) in [7, 11) is 0. The number of para-hydroxylation sites is 1. The van der Waals surface area contributed by atoms with E-state index in [0.29, 0.717) is 0 Å². The van der Waals surface area contributed by atoms with Crippen LogP contribution in [-0.2, 0) is 6.42 Å². The third-order valence-electron chi connectivity index (χ3n) is 4.46. The van der Waals surface area contributed by atoms with Gasteiger partial charge in [0.05, 0.1) is 6.61 Å². The Morgan fingerprint density at radius 3 is 2.89 bits per heavy atom. The second-order valence-electron chi connectivity index (χ2n) is 5.78. The normalized spacial score (nSPS) is 21.4. The van der Waals surface area contributed by atoms with Gasteiger partial charge in [-0.05, 0) is 17.9 Å². The SMILES string of the molecule is NC(CC1CCCCC1)c1cccc2c1OCC2. The van der Waals surface area contributed by atoms with Crippen LogP contribution in [0.5, 0.6) is 5.75 Å². The van der Waals surface area contributed by atoms with Gasteiger partial charge >= 0.3 is 0 Å². The average molecular weight is 245 g/mol. The Kier molecular flexibility index (Phi) is 3.55. The lowest BCUT2D eigenvalue weighted by Crippen LogP contribution is -2.18. The van der Waals surface area contributed by atoms with Gasteiger partial charge < -0.3 is 10.5 Å². The maximum Gasteiger partial charge on any atom is 0.127 e. The summed E-state index contributed by atoms with van der Waals surface area (Å²) in [6.45, 7) is 0.822. The van der Waals surface area contributed by atoms with E-state index in [1.807, 2.05) is 0 Å². The third-order valence-corrected chi connectivity index (χ3v) is 4.46. The molecule has 18 heavy (non-hydrogen) atoms. The molecule has 1 fully saturated rings. The Morgan fingerprint density at radius 2 is 2.06 bits per heavy atom. The lowest BCUT2D eigenvalue weighted by molar-refractivity contribution is 0.312. The number of hydrogen-bond donors (Lipinski definition) is 1. The summed E-state index contributed by atoms with van der Waals surface area (Å²) in [4.78, 5) is 0. The fourth-order valence-electron chi connectivity index (χ4n) is 3.44. The molecule has 1 aromatic rings. The van der Waals surface area contributed by atoms with Gasteiger partial charge in [-0.1, -0.05) is 50.3 Å². The van der Waals surface area contributed by atoms with Gasteiger partial charge in [0.25, 0.3) is 0 Å². The van der Waals surface area contributed by atoms with E-state index in [-0.39, 0.29) is 6.04 Å². The second-order valence-corrected chi connectivity index (χ2v) is 5.78. The minimum Gasteiger partial charge on any atom is -0.493 e. The molecule has 1 aliphatic heterocycles. The predicted molar refractivity (Wildman–Crippen MR) is 73.8 cm³/mol. The lowest BCUT2D eigenvalue weighted by atomic mass is 9.83. The zero-order valence-electron chi connectivity index (χ0n) is 11.0. The number of nitrogens with two attached hydrogens (primary N) is 1. The summed E-state index contributed by atoms with van der Waals surface area (Å²) in [6.07, 6.45) is 9.09. The van der Waals surface area contributed by atoms with E-state index in [1.54, 1.807) is 0 Å². The topological polar surface area (TPSA) is 35.2 Å². The van der Waals surface area contributed by atoms with E-state index >= 15 is 0 Å². The second kappa shape index (κ2) is 5.31. The first-order chi connectivity index (χ1) is 8.84. The number of hydrogen-bond acceptors (Lipinski definition) is 2. The standard InChI is InChI=1S/C16H23NO/c17-15(11-12-5-2-1-3-6-12)14-8-4-7-13-9-10-18-16(13)14/h4,7-8,12,15H,1-3,5-6,9-11,17H2. The van der Waals surface area contributed by atoms with Crippen molar-refractivity contribution in [2.45, 2.75) is 51.0 Å². The molecule has 1 saturated carbocycles. The summed E-state index contributed by atoms with van der Waals surface area (Å²) in [5.41, 5.74) is 8.99. The maximum absolute atomic E-state index is 6.42. The van der Waals surface area contributed by atoms with Crippen molar-refractivity contribution in [1.82, 2.24) is 0 Å². The van der Waals surface area contributed by atoms with Crippen LogP contribution < -0.4 is 10.5 Å². The molecule has 2 nitrogen and oxygen atoms in total. The van der Waals surface area contributed by atoms with Gasteiger partial charge in [-0.3, -0.25) is 0 Å². The summed E-state index contributed by atoms with van der Waals surface area (Å²) >= 11 is 0. The third kappa shape index (κ3) is 2.39. The number of fused-ring (bicyclic) bond motifs is 1. The van der Waals surface area contributed by atoms with Crippen molar-refractivity contribution in [2.24, 2.45) is 11.7 Å². The highest BCUT2D eigenvalue weighted by Crippen LogP contribution is 2.37. The molecule has 0 spiro atoms. The molecular weight excluding hydrogens is 222 g/mol. The van der Waals surface area contributed by atoms with E-state index < -0.39 is 0 Å². The van der Waals surface area contributed by atoms with E-state index in [1.165, 1.54) is 43.2 Å². The highest BCUT2D eigenvalue weighted by Gasteiger charge is 2.23. The lowest BCUT2D eigenvalue weighted by Gasteiger charge is -2.25. The molecule has 98 valence electrons. The molecule has 0 aromatic heterocycles. The van der Waals surface area contributed by atoms with Crippen molar-refractivity contribution in [1.29, 1.82) is 0 Å². The Labute approximate surface area is 110 Å². The fourth-order valence-corrected chi connectivity index (χ4v) is 3.44. The minimum absolute atomic E-state index is 0.154. The Hall–Kier alpha value is -1.02. The summed E-state index contributed by atoms with van der Waals surface area (Å²) in [5, 5.41) is 0. The van der Waals surface area contributed by atoms with Gasteiger partial charge in [-0.2, -0.15) is 0 Å². The molecule has 2 N–H and O–H groups in total. The van der Waals surface area contributed by atoms with Crippen molar-refractivity contribution in [2.75, 3.05) is 6.61 Å². The Bertz CT molecular complexity index is 410. The predicted octanol–water partition coefficient (Wildman–Crippen LogP) is 3.59. The van der Waals surface area contributed by atoms with E-state index in [4.69, 9.17) is 10.5 Å². The average Bonchev–Trinajstić information content (AvgIpc) is 2.87. The molecule has 2 aliphatic rings. The van der Waals surface area contributed by atoms with Crippen molar-refractivity contribution in [3.63, 3.8) is 0 Å². The minimum atomic E-state index is 0.154. The maximum atomic E-state index is 6.42. The van der Waals surface area contributed by atoms with E-state index in [0.717, 1.165) is 31.1 Å². The van der Waals surface area contributed by atoms with Crippen LogP contribution >= 0.6 is 0 Å². The summed E-state index contributed by atoms with van der Waals surface area (Å²) in [5.74, 6) is 1.91. The van der Waals surface area contributed by atoms with Crippen LogP contribution in [0.25, 0.3) is 0 Å². The molecule has 1 atom stereocenters. The van der Waals surface area contributed by atoms with Gasteiger partial charge in [0, 0.05) is 18.0 Å². The molecule has 0 bridgehead atoms. The van der Waals surface area contributed by atoms with Crippen molar-refractivity contribution in [3.8, 4) is 5.75 Å². The first-order valence-corrected chi connectivity index (χ1v) is 7.35. The highest BCUT2D eigenvalue weighted by atomic mass is 16.5. The molecule has 0 radical (unpaired) electrons. The molecule has 1 aliphatic carbocycles. The number of ether oxygens (including phenoxy) is 1. The summed E-state index contributed by atoms with van der Waals surface area (Å²) in [6, 6.07) is 6.60. The van der Waals surface area contributed by atoms with Crippen molar-refractivity contribution < 1.29 is 4.74 Å². The van der Waals surface area contributed by atoms with Crippen LogP contribution in [0.3, 0.4) is 0 Å². The van der Waals surface area contributed by atoms with Gasteiger partial charge in [0.2, 0.25) is 0 Å². The highest BCUT2D eigenvalue weighted by molar-refractivity contribution is 5.45. The molecule has 3 rings (SSSR count). The molecule has 1 unspecified atom stereocenters. The first-order valence-electron chi connectivity index (χ1n) is 7.35. The zero-order chi connectivity index (χ0) is 12.4. The molecular formula is C16H23NO. The molecule has 1 aromatic carbocycles. The smallest absolute Gasteiger partial charge is 0.127 e. The molecule has 1 heterocycles. The number of benzene rings is 1. The molecule has 2 heteroatoms. The first kappa shape index (κ1) is 12.0. The van der Waals surface area contributed by atoms with Crippen LogP contribution in [-0.4, -0.2) is 6.61 Å². The van der Waals surface area contributed by atoms with Gasteiger partial charge in [0.1, 0.15) is 5.75 Å². The summed E-state index contributed by atoms with van der Waals surface area (Å²) < 4.78 is 5.76. The van der Waals surface area contributed by atoms with Gasteiger partial charge in [-0.25, -0.2) is 0 Å². The Morgan fingerprint density at radius 1 is 1.22 bits per heavy atom. The zero-order valence-corrected chi connectivity index (χ0v) is 11.0. The Balaban J connectivity index is 1.72. The van der Waals surface area contributed by atoms with E-state index in [2.05, 4.69) is 18.2 Å². The number of rotatable bonds is 3. The van der Waals surface area contributed by atoms with Gasteiger partial charge in [0.15, 0.2) is 0 Å². The van der Waals surface area contributed by atoms with Crippen molar-refractivity contribution >= 4 is 0 Å². The van der Waals surface area contributed by atoms with Crippen LogP contribution in [0, 0.1) is 5.92 Å². The van der Waals surface area contributed by atoms with Crippen LogP contribution in [0.15, 0.2) is 18.2 Å². The largest absolute Gasteiger partial charge is 0.493 e.